The predicted molar refractivity (Wildman–Crippen MR) is 116 cm³/mol. The smallest absolute Gasteiger partial charge is 0.253 e. The van der Waals surface area contributed by atoms with Gasteiger partial charge in [0, 0.05) is 23.9 Å². The summed E-state index contributed by atoms with van der Waals surface area (Å²) in [5.74, 6) is -0.198. The fraction of sp³-hybridized carbons (Fsp3) is 0.261. The van der Waals surface area contributed by atoms with E-state index in [-0.39, 0.29) is 11.8 Å². The fourth-order valence-corrected chi connectivity index (χ4v) is 4.29. The highest BCUT2D eigenvalue weighted by Crippen LogP contribution is 2.29. The fourth-order valence-electron chi connectivity index (χ4n) is 3.57. The van der Waals surface area contributed by atoms with Crippen LogP contribution in [0.15, 0.2) is 60.0 Å². The largest absolute Gasteiger partial charge is 0.327 e. The van der Waals surface area contributed by atoms with Crippen molar-refractivity contribution in [3.8, 4) is 11.3 Å². The second kappa shape index (κ2) is 8.57. The van der Waals surface area contributed by atoms with Crippen molar-refractivity contribution < 1.29 is 9.59 Å². The first-order valence-electron chi connectivity index (χ1n) is 9.79. The number of nitrogens with zero attached hydrogens (tertiary/aromatic N) is 2. The molecule has 5 nitrogen and oxygen atoms in total. The molecule has 2 amide bonds. The topological polar surface area (TPSA) is 62.3 Å². The number of aromatic nitrogens is 1. The van der Waals surface area contributed by atoms with Crippen LogP contribution in [-0.4, -0.2) is 28.2 Å². The van der Waals surface area contributed by atoms with Gasteiger partial charge in [0.2, 0.25) is 5.91 Å². The molecule has 0 radical (unpaired) electrons. The third-order valence-electron chi connectivity index (χ3n) is 5.12. The van der Waals surface area contributed by atoms with Crippen LogP contribution in [0.4, 0.5) is 5.13 Å². The highest BCUT2D eigenvalue weighted by molar-refractivity contribution is 7.14. The molecule has 6 heteroatoms. The van der Waals surface area contributed by atoms with Gasteiger partial charge >= 0.3 is 0 Å². The van der Waals surface area contributed by atoms with Crippen LogP contribution in [0.1, 0.15) is 36.4 Å². The second-order valence-electron chi connectivity index (χ2n) is 7.25. The third-order valence-corrected chi connectivity index (χ3v) is 5.87. The highest BCUT2D eigenvalue weighted by Gasteiger charge is 2.33. The van der Waals surface area contributed by atoms with Crippen LogP contribution in [0.25, 0.3) is 11.3 Å². The van der Waals surface area contributed by atoms with E-state index in [1.54, 1.807) is 4.90 Å². The van der Waals surface area contributed by atoms with Crippen LogP contribution in [0.3, 0.4) is 0 Å². The number of carbonyl (C=O) groups is 2. The highest BCUT2D eigenvalue weighted by atomic mass is 32.1. The molecule has 3 aromatic rings. The van der Waals surface area contributed by atoms with E-state index in [2.05, 4.69) is 10.3 Å². The van der Waals surface area contributed by atoms with Crippen LogP contribution in [0.5, 0.6) is 0 Å². The Morgan fingerprint density at radius 2 is 1.86 bits per heavy atom. The van der Waals surface area contributed by atoms with Gasteiger partial charge in [0.05, 0.1) is 5.69 Å². The molecule has 1 atom stereocenters. The Bertz CT molecular complexity index is 998. The number of anilines is 1. The van der Waals surface area contributed by atoms with Crippen LogP contribution in [0.2, 0.25) is 0 Å². The van der Waals surface area contributed by atoms with Crippen molar-refractivity contribution in [3.63, 3.8) is 0 Å². The second-order valence-corrected chi connectivity index (χ2v) is 8.11. The Labute approximate surface area is 174 Å². The molecule has 2 heterocycles. The van der Waals surface area contributed by atoms with Crippen LogP contribution in [-0.2, 0) is 9.59 Å². The summed E-state index contributed by atoms with van der Waals surface area (Å²) in [6.45, 7) is 2.64. The quantitative estimate of drug-likeness (QED) is 0.662. The minimum atomic E-state index is -0.643. The van der Waals surface area contributed by atoms with Gasteiger partial charge in [0.1, 0.15) is 6.04 Å². The summed E-state index contributed by atoms with van der Waals surface area (Å²) in [4.78, 5) is 32.0. The van der Waals surface area contributed by atoms with E-state index in [1.165, 1.54) is 16.9 Å². The standard InChI is InChI=1S/C23H23N3O2S/c1-16-10-12-17(13-11-16)19-15-29-23(24-19)25-22(28)21(18-7-3-2-4-8-18)26-14-6-5-9-20(26)27/h2-4,7-8,10-13,15,21H,5-6,9,14H2,1H3,(H,24,25,28). The lowest BCUT2D eigenvalue weighted by atomic mass is 10.0. The molecular weight excluding hydrogens is 382 g/mol. The van der Waals surface area contributed by atoms with Crippen molar-refractivity contribution in [3.05, 3.63) is 71.1 Å². The summed E-state index contributed by atoms with van der Waals surface area (Å²) in [5, 5.41) is 5.41. The van der Waals surface area contributed by atoms with Gasteiger partial charge in [-0.2, -0.15) is 0 Å². The average Bonchev–Trinajstić information content (AvgIpc) is 3.19. The Kier molecular flexibility index (Phi) is 5.71. The van der Waals surface area contributed by atoms with Crippen molar-refractivity contribution in [1.82, 2.24) is 9.88 Å². The van der Waals surface area contributed by atoms with Gasteiger partial charge in [-0.3, -0.25) is 14.9 Å². The number of carbonyl (C=O) groups excluding carboxylic acids is 2. The Morgan fingerprint density at radius 3 is 2.59 bits per heavy atom. The first-order chi connectivity index (χ1) is 14.1. The number of rotatable bonds is 5. The number of piperidine rings is 1. The monoisotopic (exact) mass is 405 g/mol. The number of likely N-dealkylation sites (tertiary alicyclic amines) is 1. The van der Waals surface area contributed by atoms with E-state index in [4.69, 9.17) is 0 Å². The van der Waals surface area contributed by atoms with Gasteiger partial charge in [-0.05, 0) is 25.3 Å². The first-order valence-corrected chi connectivity index (χ1v) is 10.7. The number of thiazole rings is 1. The van der Waals surface area contributed by atoms with Gasteiger partial charge in [-0.15, -0.1) is 11.3 Å². The zero-order valence-corrected chi connectivity index (χ0v) is 17.1. The minimum Gasteiger partial charge on any atom is -0.327 e. The molecular formula is C23H23N3O2S. The lowest BCUT2D eigenvalue weighted by Gasteiger charge is -2.33. The Hall–Kier alpha value is -2.99. The molecule has 0 aliphatic carbocycles. The maximum absolute atomic E-state index is 13.2. The molecule has 0 saturated carbocycles. The summed E-state index contributed by atoms with van der Waals surface area (Å²) < 4.78 is 0. The molecule has 1 unspecified atom stereocenters. The molecule has 1 fully saturated rings. The number of aryl methyl sites for hydroxylation is 1. The minimum absolute atomic E-state index is 0.0275. The molecule has 1 aromatic heterocycles. The van der Waals surface area contributed by atoms with Crippen molar-refractivity contribution in [2.45, 2.75) is 32.2 Å². The summed E-state index contributed by atoms with van der Waals surface area (Å²) >= 11 is 1.39. The van der Waals surface area contributed by atoms with Crippen LogP contribution < -0.4 is 5.32 Å². The lowest BCUT2D eigenvalue weighted by Crippen LogP contribution is -2.43. The molecule has 0 bridgehead atoms. The predicted octanol–water partition coefficient (Wildman–Crippen LogP) is 4.81. The van der Waals surface area contributed by atoms with Crippen molar-refractivity contribution in [1.29, 1.82) is 0 Å². The summed E-state index contributed by atoms with van der Waals surface area (Å²) in [5.41, 5.74) is 3.85. The normalized spacial score (nSPS) is 15.2. The first kappa shape index (κ1) is 19.3. The molecule has 29 heavy (non-hydrogen) atoms. The zero-order valence-electron chi connectivity index (χ0n) is 16.3. The van der Waals surface area contributed by atoms with E-state index in [0.29, 0.717) is 18.1 Å². The Balaban J connectivity index is 1.57. The van der Waals surface area contributed by atoms with Gasteiger partial charge < -0.3 is 4.90 Å². The average molecular weight is 406 g/mol. The van der Waals surface area contributed by atoms with Gasteiger partial charge in [0.25, 0.3) is 5.91 Å². The SMILES string of the molecule is Cc1ccc(-c2csc(NC(=O)C(c3ccccc3)N3CCCCC3=O)n2)cc1. The molecule has 2 aromatic carbocycles. The molecule has 1 saturated heterocycles. The summed E-state index contributed by atoms with van der Waals surface area (Å²) in [6.07, 6.45) is 2.29. The van der Waals surface area contributed by atoms with Crippen molar-refractivity contribution in [2.75, 3.05) is 11.9 Å². The molecule has 148 valence electrons. The molecule has 1 aliphatic rings. The number of hydrogen-bond donors (Lipinski definition) is 1. The molecule has 0 spiro atoms. The summed E-state index contributed by atoms with van der Waals surface area (Å²) in [7, 11) is 0. The third kappa shape index (κ3) is 4.38. The number of hydrogen-bond acceptors (Lipinski definition) is 4. The van der Waals surface area contributed by atoms with E-state index in [0.717, 1.165) is 29.7 Å². The molecule has 4 rings (SSSR count). The van der Waals surface area contributed by atoms with Crippen LogP contribution >= 0.6 is 11.3 Å². The van der Waals surface area contributed by atoms with Crippen LogP contribution in [0, 0.1) is 6.92 Å². The van der Waals surface area contributed by atoms with Gasteiger partial charge in [0.15, 0.2) is 5.13 Å². The van der Waals surface area contributed by atoms with Crippen molar-refractivity contribution in [2.24, 2.45) is 0 Å². The van der Waals surface area contributed by atoms with E-state index >= 15 is 0 Å². The van der Waals surface area contributed by atoms with E-state index in [1.807, 2.05) is 66.9 Å². The number of amides is 2. The number of nitrogens with one attached hydrogen (secondary N) is 1. The van der Waals surface area contributed by atoms with Gasteiger partial charge in [-0.25, -0.2) is 4.98 Å². The number of benzene rings is 2. The maximum Gasteiger partial charge on any atom is 0.253 e. The summed E-state index contributed by atoms with van der Waals surface area (Å²) in [6, 6.07) is 17.0. The van der Waals surface area contributed by atoms with Gasteiger partial charge in [-0.1, -0.05) is 60.2 Å². The molecule has 1 aliphatic heterocycles. The zero-order chi connectivity index (χ0) is 20.2. The Morgan fingerprint density at radius 1 is 1.10 bits per heavy atom. The molecule has 1 N–H and O–H groups in total. The van der Waals surface area contributed by atoms with E-state index < -0.39 is 6.04 Å². The van der Waals surface area contributed by atoms with E-state index in [9.17, 15) is 9.59 Å². The maximum atomic E-state index is 13.2. The van der Waals surface area contributed by atoms with Crippen molar-refractivity contribution >= 4 is 28.3 Å². The lowest BCUT2D eigenvalue weighted by molar-refractivity contribution is -0.141.